The number of ether oxygens (including phenoxy) is 2. The Kier molecular flexibility index (Phi) is 9.84. The number of hydrogen-bond acceptors (Lipinski definition) is 5. The summed E-state index contributed by atoms with van der Waals surface area (Å²) in [4.78, 5) is 9.42. The van der Waals surface area contributed by atoms with Crippen molar-refractivity contribution in [2.24, 2.45) is 5.92 Å². The van der Waals surface area contributed by atoms with Gasteiger partial charge in [0.25, 0.3) is 0 Å². The van der Waals surface area contributed by atoms with Gasteiger partial charge in [0.1, 0.15) is 0 Å². The van der Waals surface area contributed by atoms with Crippen molar-refractivity contribution in [2.75, 3.05) is 40.5 Å². The maximum Gasteiger partial charge on any atom is 0.165 e. The number of aromatic nitrogens is 1. The third-order valence-corrected chi connectivity index (χ3v) is 7.25. The van der Waals surface area contributed by atoms with Gasteiger partial charge < -0.3 is 9.47 Å². The summed E-state index contributed by atoms with van der Waals surface area (Å²) in [6.07, 6.45) is 7.08. The molecule has 1 fully saturated rings. The number of likely N-dealkylation sites (tertiary alicyclic amines) is 1. The van der Waals surface area contributed by atoms with Crippen LogP contribution in [0.2, 0.25) is 0 Å². The summed E-state index contributed by atoms with van der Waals surface area (Å²) in [5, 5.41) is 0. The first-order valence-corrected chi connectivity index (χ1v) is 12.9. The molecule has 5 nitrogen and oxygen atoms in total. The van der Waals surface area contributed by atoms with Gasteiger partial charge in [-0.1, -0.05) is 42.5 Å². The highest BCUT2D eigenvalue weighted by Gasteiger charge is 2.31. The molecule has 0 amide bonds. The SMILES string of the molecule is COCCN(Cc1cccnc1)C(Cc1ccccc1)C1CCN(Cc2ccc(F)c(OC)c2)CC1. The van der Waals surface area contributed by atoms with E-state index in [1.807, 2.05) is 30.6 Å². The molecule has 0 saturated carbocycles. The summed E-state index contributed by atoms with van der Waals surface area (Å²) in [6, 6.07) is 20.6. The molecular weight excluding hydrogens is 453 g/mol. The second-order valence-corrected chi connectivity index (χ2v) is 9.66. The van der Waals surface area contributed by atoms with Crippen LogP contribution >= 0.6 is 0 Å². The van der Waals surface area contributed by atoms with E-state index in [2.05, 4.69) is 51.2 Å². The molecule has 0 spiro atoms. The number of halogens is 1. The lowest BCUT2D eigenvalue weighted by Crippen LogP contribution is -2.47. The van der Waals surface area contributed by atoms with Crippen LogP contribution in [-0.2, 0) is 24.2 Å². The molecule has 3 aromatic rings. The lowest BCUT2D eigenvalue weighted by molar-refractivity contribution is 0.0571. The van der Waals surface area contributed by atoms with Crippen LogP contribution in [0.4, 0.5) is 4.39 Å². The molecule has 1 saturated heterocycles. The number of nitrogens with zero attached hydrogens (tertiary/aromatic N) is 3. The largest absolute Gasteiger partial charge is 0.494 e. The van der Waals surface area contributed by atoms with Gasteiger partial charge in [-0.15, -0.1) is 0 Å². The molecule has 1 aromatic heterocycles. The zero-order valence-electron chi connectivity index (χ0n) is 21.5. The van der Waals surface area contributed by atoms with Gasteiger partial charge >= 0.3 is 0 Å². The van der Waals surface area contributed by atoms with Gasteiger partial charge in [0, 0.05) is 45.2 Å². The fourth-order valence-electron chi connectivity index (χ4n) is 5.30. The van der Waals surface area contributed by atoms with Gasteiger partial charge in [0.2, 0.25) is 0 Å². The third kappa shape index (κ3) is 7.36. The van der Waals surface area contributed by atoms with Crippen molar-refractivity contribution in [1.82, 2.24) is 14.8 Å². The average molecular weight is 492 g/mol. The van der Waals surface area contributed by atoms with Crippen LogP contribution in [0.25, 0.3) is 0 Å². The minimum atomic E-state index is -0.312. The van der Waals surface area contributed by atoms with E-state index in [0.717, 1.165) is 57.5 Å². The predicted molar refractivity (Wildman–Crippen MR) is 141 cm³/mol. The topological polar surface area (TPSA) is 37.8 Å². The lowest BCUT2D eigenvalue weighted by Gasteiger charge is -2.41. The third-order valence-electron chi connectivity index (χ3n) is 7.25. The first kappa shape index (κ1) is 26.3. The van der Waals surface area contributed by atoms with Gasteiger partial charge in [-0.2, -0.15) is 0 Å². The smallest absolute Gasteiger partial charge is 0.165 e. The molecule has 4 rings (SSSR count). The van der Waals surface area contributed by atoms with Gasteiger partial charge in [-0.3, -0.25) is 14.8 Å². The summed E-state index contributed by atoms with van der Waals surface area (Å²) in [6.45, 7) is 5.33. The number of hydrogen-bond donors (Lipinski definition) is 0. The molecular formula is C30H38FN3O2. The number of pyridine rings is 1. The normalized spacial score (nSPS) is 15.8. The molecule has 192 valence electrons. The zero-order valence-corrected chi connectivity index (χ0v) is 21.5. The molecule has 0 N–H and O–H groups in total. The van der Waals surface area contributed by atoms with E-state index in [4.69, 9.17) is 9.47 Å². The van der Waals surface area contributed by atoms with Crippen molar-refractivity contribution in [3.05, 3.63) is 95.6 Å². The van der Waals surface area contributed by atoms with E-state index in [-0.39, 0.29) is 5.82 Å². The molecule has 2 aromatic carbocycles. The molecule has 36 heavy (non-hydrogen) atoms. The number of rotatable bonds is 12. The average Bonchev–Trinajstić information content (AvgIpc) is 2.92. The van der Waals surface area contributed by atoms with Crippen LogP contribution in [0.1, 0.15) is 29.5 Å². The Hall–Kier alpha value is -2.80. The number of methoxy groups -OCH3 is 2. The molecule has 2 heterocycles. The Morgan fingerprint density at radius 2 is 1.78 bits per heavy atom. The van der Waals surface area contributed by atoms with Gasteiger partial charge in [0.15, 0.2) is 11.6 Å². The monoisotopic (exact) mass is 491 g/mol. The molecule has 1 unspecified atom stereocenters. The first-order valence-electron chi connectivity index (χ1n) is 12.9. The van der Waals surface area contributed by atoms with Gasteiger partial charge in [0.05, 0.1) is 13.7 Å². The first-order chi connectivity index (χ1) is 17.7. The maximum absolute atomic E-state index is 13.8. The standard InChI is InChI=1S/C30H38FN3O2/c1-35-18-17-34(23-26-9-6-14-32-21-26)29(19-24-7-4-3-5-8-24)27-12-15-33(16-13-27)22-25-10-11-28(31)30(20-25)36-2/h3-11,14,20-21,27,29H,12-13,15-19,22-23H2,1-2H3. The van der Waals surface area contributed by atoms with Gasteiger partial charge in [-0.25, -0.2) is 4.39 Å². The highest BCUT2D eigenvalue weighted by molar-refractivity contribution is 5.30. The van der Waals surface area contributed by atoms with E-state index in [9.17, 15) is 4.39 Å². The Morgan fingerprint density at radius 1 is 1.00 bits per heavy atom. The molecule has 0 bridgehead atoms. The van der Waals surface area contributed by atoms with Crippen molar-refractivity contribution in [3.63, 3.8) is 0 Å². The van der Waals surface area contributed by atoms with Gasteiger partial charge in [-0.05, 0) is 73.2 Å². The van der Waals surface area contributed by atoms with E-state index in [1.165, 1.54) is 24.3 Å². The lowest BCUT2D eigenvalue weighted by atomic mass is 9.84. The quantitative estimate of drug-likeness (QED) is 0.348. The van der Waals surface area contributed by atoms with E-state index in [1.54, 1.807) is 7.11 Å². The number of benzene rings is 2. The Bertz CT molecular complexity index is 1040. The second kappa shape index (κ2) is 13.5. The van der Waals surface area contributed by atoms with Crippen molar-refractivity contribution in [3.8, 4) is 5.75 Å². The van der Waals surface area contributed by atoms with Crippen LogP contribution in [0, 0.1) is 11.7 Å². The fraction of sp³-hybridized carbons (Fsp3) is 0.433. The van der Waals surface area contributed by atoms with Crippen molar-refractivity contribution < 1.29 is 13.9 Å². The summed E-state index contributed by atoms with van der Waals surface area (Å²) < 4.78 is 24.5. The summed E-state index contributed by atoms with van der Waals surface area (Å²) in [5.41, 5.74) is 3.69. The van der Waals surface area contributed by atoms with Crippen molar-refractivity contribution >= 4 is 0 Å². The Labute approximate surface area is 214 Å². The zero-order chi connectivity index (χ0) is 25.2. The van der Waals surface area contributed by atoms with Crippen LogP contribution < -0.4 is 4.74 Å². The summed E-state index contributed by atoms with van der Waals surface area (Å²) in [5.74, 6) is 0.584. The van der Waals surface area contributed by atoms with Crippen molar-refractivity contribution in [1.29, 1.82) is 0 Å². The maximum atomic E-state index is 13.8. The Morgan fingerprint density at radius 3 is 2.47 bits per heavy atom. The second-order valence-electron chi connectivity index (χ2n) is 9.66. The fourth-order valence-corrected chi connectivity index (χ4v) is 5.30. The van der Waals surface area contributed by atoms with Crippen LogP contribution in [-0.4, -0.2) is 61.3 Å². The van der Waals surface area contributed by atoms with E-state index < -0.39 is 0 Å². The predicted octanol–water partition coefficient (Wildman–Crippen LogP) is 5.20. The molecule has 1 atom stereocenters. The minimum Gasteiger partial charge on any atom is -0.494 e. The minimum absolute atomic E-state index is 0.312. The molecule has 0 radical (unpaired) electrons. The molecule has 1 aliphatic heterocycles. The Balaban J connectivity index is 1.47. The van der Waals surface area contributed by atoms with Crippen LogP contribution in [0.3, 0.4) is 0 Å². The highest BCUT2D eigenvalue weighted by Crippen LogP contribution is 2.29. The summed E-state index contributed by atoms with van der Waals surface area (Å²) in [7, 11) is 3.29. The molecule has 1 aliphatic rings. The van der Waals surface area contributed by atoms with E-state index >= 15 is 0 Å². The van der Waals surface area contributed by atoms with E-state index in [0.29, 0.717) is 24.3 Å². The van der Waals surface area contributed by atoms with Crippen LogP contribution in [0.5, 0.6) is 5.75 Å². The molecule has 0 aliphatic carbocycles. The molecule has 6 heteroatoms. The highest BCUT2D eigenvalue weighted by atomic mass is 19.1. The van der Waals surface area contributed by atoms with Crippen LogP contribution in [0.15, 0.2) is 73.1 Å². The van der Waals surface area contributed by atoms with Crippen molar-refractivity contribution in [2.45, 2.75) is 38.4 Å². The summed E-state index contributed by atoms with van der Waals surface area (Å²) >= 11 is 0. The number of piperidine rings is 1.